The lowest BCUT2D eigenvalue weighted by Crippen LogP contribution is -2.47. The van der Waals surface area contributed by atoms with E-state index in [2.05, 4.69) is 45.0 Å². The zero-order valence-corrected chi connectivity index (χ0v) is 9.12. The quantitative estimate of drug-likeness (QED) is 0.722. The Kier molecular flexibility index (Phi) is 2.15. The second-order valence-electron chi connectivity index (χ2n) is 5.04. The first-order valence-corrected chi connectivity index (χ1v) is 5.26. The largest absolute Gasteiger partial charge is 0.393 e. The van der Waals surface area contributed by atoms with E-state index in [0.717, 1.165) is 6.42 Å². The molecule has 2 rings (SSSR count). The number of aliphatic hydroxyl groups is 1. The van der Waals surface area contributed by atoms with Crippen molar-refractivity contribution in [1.29, 1.82) is 0 Å². The molecule has 14 heavy (non-hydrogen) atoms. The molecule has 1 saturated carbocycles. The number of hydrogen-bond donors (Lipinski definition) is 1. The fourth-order valence-electron chi connectivity index (χ4n) is 2.27. The van der Waals surface area contributed by atoms with Crippen LogP contribution in [0.1, 0.15) is 37.3 Å². The van der Waals surface area contributed by atoms with Crippen LogP contribution in [0.5, 0.6) is 0 Å². The molecule has 0 unspecified atom stereocenters. The van der Waals surface area contributed by atoms with E-state index in [4.69, 9.17) is 0 Å². The van der Waals surface area contributed by atoms with Crippen LogP contribution < -0.4 is 0 Å². The summed E-state index contributed by atoms with van der Waals surface area (Å²) >= 11 is 0. The SMILES string of the molecule is Cc1ccc([C@H]2C[C@@H](O)C2(C)C)cc1. The van der Waals surface area contributed by atoms with Gasteiger partial charge in [0, 0.05) is 0 Å². The second kappa shape index (κ2) is 3.09. The molecule has 1 aromatic rings. The Morgan fingerprint density at radius 2 is 1.79 bits per heavy atom. The molecule has 0 spiro atoms. The van der Waals surface area contributed by atoms with Crippen LogP contribution in [0.3, 0.4) is 0 Å². The van der Waals surface area contributed by atoms with Gasteiger partial charge in [-0.3, -0.25) is 0 Å². The van der Waals surface area contributed by atoms with Crippen molar-refractivity contribution in [1.82, 2.24) is 0 Å². The zero-order chi connectivity index (χ0) is 10.3. The van der Waals surface area contributed by atoms with Crippen molar-refractivity contribution in [2.45, 2.75) is 39.2 Å². The van der Waals surface area contributed by atoms with Gasteiger partial charge in [-0.1, -0.05) is 43.7 Å². The van der Waals surface area contributed by atoms with Crippen LogP contribution >= 0.6 is 0 Å². The number of benzene rings is 1. The molecule has 0 bridgehead atoms. The summed E-state index contributed by atoms with van der Waals surface area (Å²) in [5.41, 5.74) is 2.72. The summed E-state index contributed by atoms with van der Waals surface area (Å²) in [7, 11) is 0. The number of hydrogen-bond acceptors (Lipinski definition) is 1. The predicted molar refractivity (Wildman–Crippen MR) is 58.3 cm³/mol. The monoisotopic (exact) mass is 190 g/mol. The molecule has 0 heterocycles. The molecule has 0 radical (unpaired) electrons. The average molecular weight is 190 g/mol. The van der Waals surface area contributed by atoms with Gasteiger partial charge < -0.3 is 5.11 Å². The minimum absolute atomic E-state index is 0.0509. The van der Waals surface area contributed by atoms with Crippen molar-refractivity contribution in [2.24, 2.45) is 5.41 Å². The van der Waals surface area contributed by atoms with Crippen LogP contribution in [0.4, 0.5) is 0 Å². The lowest BCUT2D eigenvalue weighted by atomic mass is 9.58. The molecule has 1 N–H and O–H groups in total. The van der Waals surface area contributed by atoms with Crippen molar-refractivity contribution in [3.8, 4) is 0 Å². The second-order valence-corrected chi connectivity index (χ2v) is 5.04. The molecule has 0 aromatic heterocycles. The highest BCUT2D eigenvalue weighted by molar-refractivity contribution is 5.29. The van der Waals surface area contributed by atoms with Crippen molar-refractivity contribution >= 4 is 0 Å². The average Bonchev–Trinajstić information content (AvgIpc) is 2.16. The molecule has 1 fully saturated rings. The number of rotatable bonds is 1. The fraction of sp³-hybridized carbons (Fsp3) is 0.538. The normalized spacial score (nSPS) is 29.7. The fourth-order valence-corrected chi connectivity index (χ4v) is 2.27. The van der Waals surface area contributed by atoms with E-state index in [-0.39, 0.29) is 11.5 Å². The van der Waals surface area contributed by atoms with Crippen LogP contribution in [-0.4, -0.2) is 11.2 Å². The molecule has 0 amide bonds. The molecule has 1 aliphatic rings. The molecule has 1 nitrogen and oxygen atoms in total. The van der Waals surface area contributed by atoms with Crippen molar-refractivity contribution in [2.75, 3.05) is 0 Å². The lowest BCUT2D eigenvalue weighted by Gasteiger charge is -2.49. The minimum atomic E-state index is -0.131. The van der Waals surface area contributed by atoms with Gasteiger partial charge in [0.2, 0.25) is 0 Å². The van der Waals surface area contributed by atoms with Gasteiger partial charge in [0.05, 0.1) is 6.10 Å². The van der Waals surface area contributed by atoms with E-state index in [1.54, 1.807) is 0 Å². The molecule has 0 aliphatic heterocycles. The molecule has 1 aromatic carbocycles. The standard InChI is InChI=1S/C13H18O/c1-9-4-6-10(7-5-9)11-8-12(14)13(11,2)3/h4-7,11-12,14H,8H2,1-3H3/t11-,12-/m1/s1. The minimum Gasteiger partial charge on any atom is -0.393 e. The molecule has 1 heteroatoms. The lowest BCUT2D eigenvalue weighted by molar-refractivity contribution is -0.0625. The van der Waals surface area contributed by atoms with Gasteiger partial charge in [0.1, 0.15) is 0 Å². The van der Waals surface area contributed by atoms with Crippen molar-refractivity contribution in [3.05, 3.63) is 35.4 Å². The van der Waals surface area contributed by atoms with E-state index in [1.165, 1.54) is 11.1 Å². The summed E-state index contributed by atoms with van der Waals surface area (Å²) in [5, 5.41) is 9.66. The van der Waals surface area contributed by atoms with E-state index in [0.29, 0.717) is 5.92 Å². The Hall–Kier alpha value is -0.820. The first-order chi connectivity index (χ1) is 6.51. The van der Waals surface area contributed by atoms with Crippen molar-refractivity contribution < 1.29 is 5.11 Å². The van der Waals surface area contributed by atoms with Gasteiger partial charge in [-0.05, 0) is 30.2 Å². The maximum atomic E-state index is 9.66. The maximum absolute atomic E-state index is 9.66. The molecular formula is C13H18O. The molecule has 0 saturated heterocycles. The zero-order valence-electron chi connectivity index (χ0n) is 9.12. The molecule has 2 atom stereocenters. The number of aryl methyl sites for hydroxylation is 1. The van der Waals surface area contributed by atoms with Gasteiger partial charge in [0.25, 0.3) is 0 Å². The third-order valence-corrected chi connectivity index (χ3v) is 3.70. The Morgan fingerprint density at radius 3 is 2.21 bits per heavy atom. The first-order valence-electron chi connectivity index (χ1n) is 5.26. The Morgan fingerprint density at radius 1 is 1.21 bits per heavy atom. The summed E-state index contributed by atoms with van der Waals surface area (Å²) in [5.74, 6) is 0.526. The summed E-state index contributed by atoms with van der Waals surface area (Å²) in [6.45, 7) is 6.39. The van der Waals surface area contributed by atoms with Crippen LogP contribution in [0.25, 0.3) is 0 Å². The summed E-state index contributed by atoms with van der Waals surface area (Å²) in [6, 6.07) is 8.67. The third-order valence-electron chi connectivity index (χ3n) is 3.70. The Labute approximate surface area is 85.8 Å². The van der Waals surface area contributed by atoms with Gasteiger partial charge in [0.15, 0.2) is 0 Å². The maximum Gasteiger partial charge on any atom is 0.0603 e. The predicted octanol–water partition coefficient (Wildman–Crippen LogP) is 2.87. The summed E-state index contributed by atoms with van der Waals surface area (Å²) in [4.78, 5) is 0. The Balaban J connectivity index is 2.22. The smallest absolute Gasteiger partial charge is 0.0603 e. The van der Waals surface area contributed by atoms with Gasteiger partial charge in [-0.2, -0.15) is 0 Å². The van der Waals surface area contributed by atoms with Gasteiger partial charge in [-0.25, -0.2) is 0 Å². The molecule has 76 valence electrons. The highest BCUT2D eigenvalue weighted by Gasteiger charge is 2.47. The van der Waals surface area contributed by atoms with Gasteiger partial charge in [-0.15, -0.1) is 0 Å². The van der Waals surface area contributed by atoms with Crippen LogP contribution in [0.15, 0.2) is 24.3 Å². The van der Waals surface area contributed by atoms with Crippen LogP contribution in [0, 0.1) is 12.3 Å². The third kappa shape index (κ3) is 1.36. The first kappa shape index (κ1) is 9.72. The van der Waals surface area contributed by atoms with Crippen molar-refractivity contribution in [3.63, 3.8) is 0 Å². The van der Waals surface area contributed by atoms with Crippen LogP contribution in [-0.2, 0) is 0 Å². The highest BCUT2D eigenvalue weighted by Crippen LogP contribution is 2.52. The van der Waals surface area contributed by atoms with Gasteiger partial charge >= 0.3 is 0 Å². The topological polar surface area (TPSA) is 20.2 Å². The van der Waals surface area contributed by atoms with Crippen LogP contribution in [0.2, 0.25) is 0 Å². The van der Waals surface area contributed by atoms with E-state index in [9.17, 15) is 5.11 Å². The van der Waals surface area contributed by atoms with E-state index >= 15 is 0 Å². The summed E-state index contributed by atoms with van der Waals surface area (Å²) < 4.78 is 0. The molecular weight excluding hydrogens is 172 g/mol. The van der Waals surface area contributed by atoms with E-state index in [1.807, 2.05) is 0 Å². The Bertz CT molecular complexity index is 324. The molecule has 1 aliphatic carbocycles. The number of aliphatic hydroxyl groups excluding tert-OH is 1. The van der Waals surface area contributed by atoms with E-state index < -0.39 is 0 Å². The highest BCUT2D eigenvalue weighted by atomic mass is 16.3. The summed E-state index contributed by atoms with van der Waals surface area (Å²) in [6.07, 6.45) is 0.782.